The van der Waals surface area contributed by atoms with Crippen LogP contribution in [0.15, 0.2) is 60.7 Å². The molecule has 3 heteroatoms. The lowest BCUT2D eigenvalue weighted by Gasteiger charge is -2.09. The van der Waals surface area contributed by atoms with E-state index in [1.165, 1.54) is 5.39 Å². The van der Waals surface area contributed by atoms with Crippen molar-refractivity contribution in [2.24, 2.45) is 0 Å². The van der Waals surface area contributed by atoms with E-state index in [4.69, 9.17) is 4.74 Å². The third-order valence-corrected chi connectivity index (χ3v) is 3.27. The Labute approximate surface area is 124 Å². The zero-order valence-corrected chi connectivity index (χ0v) is 12.0. The molecular formula is C18H18N2O. The number of ether oxygens (including phenoxy) is 1. The van der Waals surface area contributed by atoms with E-state index < -0.39 is 0 Å². The Morgan fingerprint density at radius 2 is 1.90 bits per heavy atom. The third kappa shape index (κ3) is 3.31. The van der Waals surface area contributed by atoms with Gasteiger partial charge in [-0.25, -0.2) is 0 Å². The van der Waals surface area contributed by atoms with Gasteiger partial charge in [0.25, 0.3) is 0 Å². The number of fused-ring (bicyclic) bond motifs is 1. The van der Waals surface area contributed by atoms with Crippen LogP contribution in [0.2, 0.25) is 0 Å². The maximum absolute atomic E-state index is 5.50. The van der Waals surface area contributed by atoms with Gasteiger partial charge in [-0.2, -0.15) is 0 Å². The molecule has 0 aliphatic carbocycles. The van der Waals surface area contributed by atoms with Crippen molar-refractivity contribution in [1.82, 2.24) is 4.98 Å². The van der Waals surface area contributed by atoms with Crippen molar-refractivity contribution in [3.8, 4) is 5.75 Å². The maximum Gasteiger partial charge on any atom is 0.121 e. The second kappa shape index (κ2) is 6.27. The number of anilines is 1. The van der Waals surface area contributed by atoms with Gasteiger partial charge in [0.05, 0.1) is 24.4 Å². The molecule has 21 heavy (non-hydrogen) atoms. The van der Waals surface area contributed by atoms with E-state index in [2.05, 4.69) is 28.5 Å². The summed E-state index contributed by atoms with van der Waals surface area (Å²) in [7, 11) is 0. The van der Waals surface area contributed by atoms with Gasteiger partial charge in [-0.1, -0.05) is 30.3 Å². The molecule has 0 saturated heterocycles. The van der Waals surface area contributed by atoms with Crippen LogP contribution in [0, 0.1) is 0 Å². The predicted molar refractivity (Wildman–Crippen MR) is 86.7 cm³/mol. The zero-order chi connectivity index (χ0) is 14.5. The number of nitrogens with zero attached hydrogens (tertiary/aromatic N) is 1. The van der Waals surface area contributed by atoms with Crippen molar-refractivity contribution >= 4 is 16.6 Å². The molecule has 0 amide bonds. The summed E-state index contributed by atoms with van der Waals surface area (Å²) >= 11 is 0. The molecule has 0 atom stereocenters. The number of hydrogen-bond acceptors (Lipinski definition) is 3. The second-order valence-electron chi connectivity index (χ2n) is 4.81. The third-order valence-electron chi connectivity index (χ3n) is 3.27. The molecule has 0 saturated carbocycles. The van der Waals surface area contributed by atoms with E-state index in [0.29, 0.717) is 13.2 Å². The summed E-state index contributed by atoms with van der Waals surface area (Å²) < 4.78 is 5.50. The van der Waals surface area contributed by atoms with Crippen molar-refractivity contribution < 1.29 is 4.74 Å². The number of hydrogen-bond donors (Lipinski definition) is 1. The number of pyridine rings is 1. The van der Waals surface area contributed by atoms with Crippen molar-refractivity contribution in [3.63, 3.8) is 0 Å². The number of para-hydroxylation sites is 1. The Bertz CT molecular complexity index is 740. The molecule has 0 fully saturated rings. The highest BCUT2D eigenvalue weighted by atomic mass is 16.5. The highest BCUT2D eigenvalue weighted by Crippen LogP contribution is 2.18. The van der Waals surface area contributed by atoms with Gasteiger partial charge in [-0.15, -0.1) is 0 Å². The fourth-order valence-corrected chi connectivity index (χ4v) is 2.26. The van der Waals surface area contributed by atoms with E-state index in [1.54, 1.807) is 0 Å². The SMILES string of the molecule is CCOc1cccc(NCc2ccc3ccccc3n2)c1. The Kier molecular flexibility index (Phi) is 4.01. The van der Waals surface area contributed by atoms with Gasteiger partial charge < -0.3 is 10.1 Å². The highest BCUT2D eigenvalue weighted by Gasteiger charge is 2.00. The molecule has 0 radical (unpaired) electrons. The van der Waals surface area contributed by atoms with Gasteiger partial charge in [0, 0.05) is 17.1 Å². The van der Waals surface area contributed by atoms with Gasteiger partial charge in [0.15, 0.2) is 0 Å². The first-order valence-electron chi connectivity index (χ1n) is 7.16. The van der Waals surface area contributed by atoms with Gasteiger partial charge >= 0.3 is 0 Å². The molecule has 0 unspecified atom stereocenters. The molecule has 1 aromatic heterocycles. The van der Waals surface area contributed by atoms with Crippen LogP contribution in [0.5, 0.6) is 5.75 Å². The Balaban J connectivity index is 1.72. The lowest BCUT2D eigenvalue weighted by Crippen LogP contribution is -2.02. The molecule has 3 rings (SSSR count). The van der Waals surface area contributed by atoms with Gasteiger partial charge in [0.2, 0.25) is 0 Å². The summed E-state index contributed by atoms with van der Waals surface area (Å²) in [5.41, 5.74) is 3.09. The standard InChI is InChI=1S/C18H18N2O/c1-2-21-17-8-5-7-15(12-17)19-13-16-11-10-14-6-3-4-9-18(14)20-16/h3-12,19H,2,13H2,1H3. The van der Waals surface area contributed by atoms with Crippen LogP contribution in [0.4, 0.5) is 5.69 Å². The second-order valence-corrected chi connectivity index (χ2v) is 4.81. The average molecular weight is 278 g/mol. The zero-order valence-electron chi connectivity index (χ0n) is 12.0. The normalized spacial score (nSPS) is 10.5. The fraction of sp³-hybridized carbons (Fsp3) is 0.167. The molecule has 3 nitrogen and oxygen atoms in total. The summed E-state index contributed by atoms with van der Waals surface area (Å²) in [5, 5.41) is 4.55. The minimum Gasteiger partial charge on any atom is -0.494 e. The Morgan fingerprint density at radius 3 is 2.81 bits per heavy atom. The van der Waals surface area contributed by atoms with Crippen molar-refractivity contribution in [2.45, 2.75) is 13.5 Å². The average Bonchev–Trinajstić information content (AvgIpc) is 2.53. The van der Waals surface area contributed by atoms with Crippen molar-refractivity contribution in [2.75, 3.05) is 11.9 Å². The van der Waals surface area contributed by atoms with Gasteiger partial charge in [-0.3, -0.25) is 4.98 Å². The Hall–Kier alpha value is -2.55. The number of aromatic nitrogens is 1. The molecule has 0 bridgehead atoms. The predicted octanol–water partition coefficient (Wildman–Crippen LogP) is 4.25. The van der Waals surface area contributed by atoms with Crippen LogP contribution >= 0.6 is 0 Å². The monoisotopic (exact) mass is 278 g/mol. The maximum atomic E-state index is 5.50. The first-order chi connectivity index (χ1) is 10.3. The molecule has 0 aliphatic rings. The van der Waals surface area contributed by atoms with Crippen LogP contribution in [-0.4, -0.2) is 11.6 Å². The fourth-order valence-electron chi connectivity index (χ4n) is 2.26. The first kappa shape index (κ1) is 13.4. The quantitative estimate of drug-likeness (QED) is 0.757. The summed E-state index contributed by atoms with van der Waals surface area (Å²) in [6.07, 6.45) is 0. The van der Waals surface area contributed by atoms with E-state index in [9.17, 15) is 0 Å². The summed E-state index contributed by atoms with van der Waals surface area (Å²) in [6, 6.07) is 20.3. The lowest BCUT2D eigenvalue weighted by atomic mass is 10.2. The smallest absolute Gasteiger partial charge is 0.121 e. The van der Waals surface area contributed by atoms with Crippen LogP contribution < -0.4 is 10.1 Å². The molecule has 3 aromatic rings. The number of nitrogens with one attached hydrogen (secondary N) is 1. The van der Waals surface area contributed by atoms with Crippen LogP contribution in [-0.2, 0) is 6.54 Å². The molecule has 2 aromatic carbocycles. The molecule has 106 valence electrons. The van der Waals surface area contributed by atoms with Crippen LogP contribution in [0.3, 0.4) is 0 Å². The number of rotatable bonds is 5. The summed E-state index contributed by atoms with van der Waals surface area (Å²) in [5.74, 6) is 0.883. The lowest BCUT2D eigenvalue weighted by molar-refractivity contribution is 0.340. The van der Waals surface area contributed by atoms with Gasteiger partial charge in [-0.05, 0) is 31.2 Å². The molecular weight excluding hydrogens is 260 g/mol. The summed E-state index contributed by atoms with van der Waals surface area (Å²) in [6.45, 7) is 3.36. The first-order valence-corrected chi connectivity index (χ1v) is 7.16. The summed E-state index contributed by atoms with van der Waals surface area (Å²) in [4.78, 5) is 4.66. The molecule has 1 N–H and O–H groups in total. The topological polar surface area (TPSA) is 34.1 Å². The van der Waals surface area contributed by atoms with E-state index in [1.807, 2.05) is 49.4 Å². The minimum atomic E-state index is 0.676. The molecule has 1 heterocycles. The minimum absolute atomic E-state index is 0.676. The van der Waals surface area contributed by atoms with Gasteiger partial charge in [0.1, 0.15) is 5.75 Å². The van der Waals surface area contributed by atoms with E-state index >= 15 is 0 Å². The molecule has 0 aliphatic heterocycles. The molecule has 0 spiro atoms. The number of benzene rings is 2. The van der Waals surface area contributed by atoms with E-state index in [-0.39, 0.29) is 0 Å². The van der Waals surface area contributed by atoms with Crippen molar-refractivity contribution in [1.29, 1.82) is 0 Å². The van der Waals surface area contributed by atoms with E-state index in [0.717, 1.165) is 22.6 Å². The largest absolute Gasteiger partial charge is 0.494 e. The Morgan fingerprint density at radius 1 is 1.00 bits per heavy atom. The van der Waals surface area contributed by atoms with Crippen LogP contribution in [0.25, 0.3) is 10.9 Å². The van der Waals surface area contributed by atoms with Crippen molar-refractivity contribution in [3.05, 3.63) is 66.4 Å². The highest BCUT2D eigenvalue weighted by molar-refractivity contribution is 5.78. The van der Waals surface area contributed by atoms with Crippen LogP contribution in [0.1, 0.15) is 12.6 Å².